The molecule has 6 saturated carbocycles. The Labute approximate surface area is 373 Å². The highest BCUT2D eigenvalue weighted by Gasteiger charge is 2.54. The minimum Gasteiger partial charge on any atom is -0.365 e. The lowest BCUT2D eigenvalue weighted by atomic mass is 9.66. The molecule has 0 aromatic rings. The minimum absolute atomic E-state index is 0.482. The number of hydrogen-bond donors (Lipinski definition) is 2. The van der Waals surface area contributed by atoms with E-state index in [-0.39, 0.29) is 0 Å². The number of fused-ring (bicyclic) bond motifs is 6. The van der Waals surface area contributed by atoms with E-state index in [0.29, 0.717) is 18.1 Å². The van der Waals surface area contributed by atoms with E-state index in [2.05, 4.69) is 57.7 Å². The van der Waals surface area contributed by atoms with Crippen LogP contribution in [0.4, 0.5) is 0 Å². The predicted molar refractivity (Wildman–Crippen MR) is 253 cm³/mol. The van der Waals surface area contributed by atoms with Gasteiger partial charge in [0.1, 0.15) is 0 Å². The molecule has 3 aliphatic heterocycles. The van der Waals surface area contributed by atoms with E-state index in [1.807, 2.05) is 11.3 Å². The van der Waals surface area contributed by atoms with Gasteiger partial charge < -0.3 is 4.90 Å². The highest BCUT2D eigenvalue weighted by molar-refractivity contribution is 5.33. The van der Waals surface area contributed by atoms with Crippen molar-refractivity contribution < 1.29 is 0 Å². The maximum atomic E-state index is 4.36. The third kappa shape index (κ3) is 7.77. The Morgan fingerprint density at radius 3 is 2.18 bits per heavy atom. The first-order valence-electron chi connectivity index (χ1n) is 28.0. The van der Waals surface area contributed by atoms with Crippen molar-refractivity contribution in [1.82, 2.24) is 20.4 Å². The van der Waals surface area contributed by atoms with Crippen LogP contribution in [0.1, 0.15) is 200 Å². The summed E-state index contributed by atoms with van der Waals surface area (Å²) in [6.45, 7) is 2.51. The molecular weight excluding hydrogens is 741 g/mol. The van der Waals surface area contributed by atoms with Crippen molar-refractivity contribution >= 4 is 0 Å². The molecule has 12 aliphatic rings. The Kier molecular flexibility index (Phi) is 12.0. The first-order valence-corrected chi connectivity index (χ1v) is 28.0. The third-order valence-corrected chi connectivity index (χ3v) is 21.4. The number of likely N-dealkylation sites (tertiary alicyclic amines) is 1. The number of allylic oxidation sites excluding steroid dienone is 5. The van der Waals surface area contributed by atoms with Crippen molar-refractivity contribution in [2.24, 2.45) is 59.2 Å². The van der Waals surface area contributed by atoms with Crippen LogP contribution >= 0.6 is 0 Å². The van der Waals surface area contributed by atoms with Gasteiger partial charge in [0, 0.05) is 59.8 Å². The molecule has 0 bridgehead atoms. The molecule has 0 amide bonds. The van der Waals surface area contributed by atoms with Crippen LogP contribution in [0.3, 0.4) is 0 Å². The van der Waals surface area contributed by atoms with Gasteiger partial charge in [-0.2, -0.15) is 0 Å². The highest BCUT2D eigenvalue weighted by atomic mass is 15.3. The molecule has 61 heavy (non-hydrogen) atoms. The van der Waals surface area contributed by atoms with Gasteiger partial charge >= 0.3 is 0 Å². The largest absolute Gasteiger partial charge is 0.365 e. The Balaban J connectivity index is 0.685. The van der Waals surface area contributed by atoms with Crippen LogP contribution in [0.5, 0.6) is 0 Å². The summed E-state index contributed by atoms with van der Waals surface area (Å²) in [7, 11) is 0. The molecule has 0 aromatic heterocycles. The van der Waals surface area contributed by atoms with Crippen LogP contribution in [0.25, 0.3) is 0 Å². The summed E-state index contributed by atoms with van der Waals surface area (Å²) in [5.41, 5.74) is 5.54. The van der Waals surface area contributed by atoms with Gasteiger partial charge in [-0.05, 0) is 206 Å². The average molecular weight is 829 g/mol. The lowest BCUT2D eigenvalue weighted by Crippen LogP contribution is -2.67. The standard InChI is InChI=1S/C57H88N4/c1-37-19-29-44(30-20-37)60-52-17-9-6-13-46(52)49-35-42(27-33-54(49)60)38-21-23-39(24-22-38)43-28-34-55-50(36-43)47-14-7-10-18-53(47)61(55)45-31-25-41(26-32-45)57-58-51-16-8-5-15-48(51)56(59-57)40-11-3-2-4-12-40/h21-23,25,31,37,39-46,48-52,54-59H,2-20,24,26-30,32-36H2,1H3. The topological polar surface area (TPSA) is 30.5 Å². The van der Waals surface area contributed by atoms with Crippen LogP contribution in [-0.4, -0.2) is 58.3 Å². The molecule has 2 N–H and O–H groups in total. The quantitative estimate of drug-likeness (QED) is 0.261. The van der Waals surface area contributed by atoms with Crippen molar-refractivity contribution in [1.29, 1.82) is 0 Å². The average Bonchev–Trinajstić information content (AvgIpc) is 3.84. The van der Waals surface area contributed by atoms with Gasteiger partial charge in [0.25, 0.3) is 0 Å². The second kappa shape index (κ2) is 17.8. The summed E-state index contributed by atoms with van der Waals surface area (Å²) in [6.07, 6.45) is 57.7. The van der Waals surface area contributed by atoms with Crippen LogP contribution in [0.2, 0.25) is 0 Å². The van der Waals surface area contributed by atoms with E-state index in [4.69, 9.17) is 0 Å². The summed E-state index contributed by atoms with van der Waals surface area (Å²) >= 11 is 0. The van der Waals surface area contributed by atoms with Crippen molar-refractivity contribution in [3.8, 4) is 0 Å². The molecule has 15 atom stereocenters. The van der Waals surface area contributed by atoms with Crippen molar-refractivity contribution in [2.45, 2.75) is 248 Å². The lowest BCUT2D eigenvalue weighted by Gasteiger charge is -2.52. The molecule has 3 heterocycles. The summed E-state index contributed by atoms with van der Waals surface area (Å²) in [6, 6.07) is 5.64. The maximum Gasteiger partial charge on any atom is 0.0640 e. The summed E-state index contributed by atoms with van der Waals surface area (Å²) in [5, 5.41) is 8.62. The molecule has 9 aliphatic carbocycles. The third-order valence-electron chi connectivity index (χ3n) is 21.4. The number of rotatable bonds is 6. The van der Waals surface area contributed by atoms with Crippen molar-refractivity contribution in [3.05, 3.63) is 47.2 Å². The number of hydrogen-bond acceptors (Lipinski definition) is 4. The first-order chi connectivity index (χ1) is 30.1. The maximum absolute atomic E-state index is 4.36. The van der Waals surface area contributed by atoms with E-state index < -0.39 is 0 Å². The molecule has 0 aromatic carbocycles. The van der Waals surface area contributed by atoms with Gasteiger partial charge in [-0.1, -0.05) is 82.2 Å². The zero-order chi connectivity index (χ0) is 40.4. The Morgan fingerprint density at radius 2 is 1.34 bits per heavy atom. The Morgan fingerprint density at radius 1 is 0.557 bits per heavy atom. The molecular formula is C57H88N4. The van der Waals surface area contributed by atoms with Gasteiger partial charge in [0.05, 0.1) is 6.17 Å². The zero-order valence-electron chi connectivity index (χ0n) is 38.9. The van der Waals surface area contributed by atoms with E-state index in [1.165, 1.54) is 193 Å². The fourth-order valence-corrected chi connectivity index (χ4v) is 18.5. The fourth-order valence-electron chi connectivity index (χ4n) is 18.5. The Bertz CT molecular complexity index is 1660. The molecule has 4 nitrogen and oxygen atoms in total. The second-order valence-corrected chi connectivity index (χ2v) is 24.4. The first kappa shape index (κ1) is 41.1. The molecule has 12 rings (SSSR count). The van der Waals surface area contributed by atoms with Gasteiger partial charge in [-0.3, -0.25) is 15.5 Å². The minimum atomic E-state index is 0.482. The predicted octanol–water partition coefficient (Wildman–Crippen LogP) is 13.0. The van der Waals surface area contributed by atoms with E-state index in [0.717, 1.165) is 89.5 Å². The van der Waals surface area contributed by atoms with E-state index in [9.17, 15) is 0 Å². The summed E-state index contributed by atoms with van der Waals surface area (Å²) < 4.78 is 0. The summed E-state index contributed by atoms with van der Waals surface area (Å²) in [4.78, 5) is 6.31. The van der Waals surface area contributed by atoms with Gasteiger partial charge in [0.2, 0.25) is 0 Å². The van der Waals surface area contributed by atoms with Crippen LogP contribution < -0.4 is 10.6 Å². The SMILES string of the molecule is CC1CCC(N2C3CCCCC3C3CC(C4=CCC(C5CCC6C(C5)C5=C(CCCC5)N6C5C=CC(C6NC7CCCCC7C(C7CCCCC7)N6)CC5)C=C4)CCC32)CC1. The zero-order valence-corrected chi connectivity index (χ0v) is 38.9. The Hall–Kier alpha value is -1.36. The van der Waals surface area contributed by atoms with Crippen LogP contribution in [0, 0.1) is 59.2 Å². The van der Waals surface area contributed by atoms with Crippen molar-refractivity contribution in [3.63, 3.8) is 0 Å². The molecule has 336 valence electrons. The molecule has 0 radical (unpaired) electrons. The van der Waals surface area contributed by atoms with Gasteiger partial charge in [-0.25, -0.2) is 0 Å². The summed E-state index contributed by atoms with van der Waals surface area (Å²) in [5.74, 6) is 8.68. The molecule has 4 heteroatoms. The van der Waals surface area contributed by atoms with Gasteiger partial charge in [-0.15, -0.1) is 0 Å². The monoisotopic (exact) mass is 829 g/mol. The van der Waals surface area contributed by atoms with E-state index >= 15 is 0 Å². The molecule has 0 spiro atoms. The van der Waals surface area contributed by atoms with E-state index in [1.54, 1.807) is 5.57 Å². The van der Waals surface area contributed by atoms with Crippen molar-refractivity contribution in [2.75, 3.05) is 0 Å². The fraction of sp³-hybridized carbons (Fsp3) is 0.860. The molecule has 2 saturated heterocycles. The second-order valence-electron chi connectivity index (χ2n) is 24.4. The normalized spacial score (nSPS) is 48.2. The molecule has 15 unspecified atom stereocenters. The van der Waals surface area contributed by atoms with Gasteiger partial charge in [0.15, 0.2) is 0 Å². The van der Waals surface area contributed by atoms with Crippen LogP contribution in [0.15, 0.2) is 47.2 Å². The highest BCUT2D eigenvalue weighted by Crippen LogP contribution is 2.56. The lowest BCUT2D eigenvalue weighted by molar-refractivity contribution is 0.0541. The number of nitrogens with one attached hydrogen (secondary N) is 2. The smallest absolute Gasteiger partial charge is 0.0640 e. The number of nitrogens with zero attached hydrogens (tertiary/aromatic N) is 2. The van der Waals surface area contributed by atoms with Crippen LogP contribution in [-0.2, 0) is 0 Å². The molecule has 8 fully saturated rings.